The van der Waals surface area contributed by atoms with E-state index in [0.717, 1.165) is 57.8 Å². The zero-order chi connectivity index (χ0) is 41.0. The standard InChI is InChI=1S/C50H89NO5/c1-4-7-10-13-16-19-21-23-24-26-28-31-34-37-40-43-50(55)56-46(41-38-35-32-30-27-25-22-20-17-14-11-8-5-2)44-49(54)51-47(45-52)48(53)42-39-36-33-29-18-15-12-9-6-3/h8,11,14,17,20,22,25,27,30,32,46-48,52-53H,4-7,9-10,12-13,15-16,18-19,21,23-24,26,28-29,31,33-45H2,1-3H3,(H,51,54)/b11-8+,17-14+,22-20-,27-25-,32-30+. The number of carbonyl (C=O) groups excluding carboxylic acids is 2. The highest BCUT2D eigenvalue weighted by Gasteiger charge is 2.24. The van der Waals surface area contributed by atoms with Crippen molar-refractivity contribution in [1.29, 1.82) is 0 Å². The maximum atomic E-state index is 13.1. The van der Waals surface area contributed by atoms with E-state index in [1.165, 1.54) is 116 Å². The van der Waals surface area contributed by atoms with Gasteiger partial charge in [-0.1, -0.05) is 229 Å². The molecule has 3 N–H and O–H groups in total. The number of rotatable bonds is 41. The van der Waals surface area contributed by atoms with Crippen molar-refractivity contribution < 1.29 is 24.5 Å². The molecule has 6 nitrogen and oxygen atoms in total. The molecule has 0 aromatic carbocycles. The normalized spacial score (nSPS) is 13.9. The summed E-state index contributed by atoms with van der Waals surface area (Å²) >= 11 is 0. The highest BCUT2D eigenvalue weighted by atomic mass is 16.5. The highest BCUT2D eigenvalue weighted by Crippen LogP contribution is 2.17. The second-order valence-electron chi connectivity index (χ2n) is 15.9. The molecule has 3 atom stereocenters. The molecule has 6 heteroatoms. The number of ether oxygens (including phenoxy) is 1. The van der Waals surface area contributed by atoms with Gasteiger partial charge in [0.1, 0.15) is 6.10 Å². The van der Waals surface area contributed by atoms with E-state index >= 15 is 0 Å². The predicted molar refractivity (Wildman–Crippen MR) is 241 cm³/mol. The Hall–Kier alpha value is -2.44. The number of hydrogen-bond donors (Lipinski definition) is 3. The van der Waals surface area contributed by atoms with E-state index in [1.807, 2.05) is 48.6 Å². The van der Waals surface area contributed by atoms with E-state index in [1.54, 1.807) is 0 Å². The van der Waals surface area contributed by atoms with Crippen molar-refractivity contribution in [1.82, 2.24) is 5.32 Å². The molecule has 0 radical (unpaired) electrons. The van der Waals surface area contributed by atoms with Crippen LogP contribution in [0.2, 0.25) is 0 Å². The molecule has 0 aliphatic heterocycles. The summed E-state index contributed by atoms with van der Waals surface area (Å²) in [6.07, 6.45) is 52.9. The molecule has 324 valence electrons. The summed E-state index contributed by atoms with van der Waals surface area (Å²) in [5.41, 5.74) is 0. The highest BCUT2D eigenvalue weighted by molar-refractivity contribution is 5.77. The number of aliphatic hydroxyl groups excluding tert-OH is 2. The third-order valence-corrected chi connectivity index (χ3v) is 10.5. The molecule has 0 bridgehead atoms. The third kappa shape index (κ3) is 38.4. The van der Waals surface area contributed by atoms with Gasteiger partial charge in [-0.2, -0.15) is 0 Å². The summed E-state index contributed by atoms with van der Waals surface area (Å²) in [6, 6.07) is -0.722. The Labute approximate surface area is 346 Å². The molecule has 0 spiro atoms. The molecule has 0 saturated heterocycles. The lowest BCUT2D eigenvalue weighted by atomic mass is 10.0. The summed E-state index contributed by atoms with van der Waals surface area (Å²) in [4.78, 5) is 26.0. The lowest BCUT2D eigenvalue weighted by Gasteiger charge is -2.24. The number of esters is 1. The second kappa shape index (κ2) is 43.7. The molecule has 0 rings (SSSR count). The van der Waals surface area contributed by atoms with Crippen molar-refractivity contribution in [2.75, 3.05) is 6.61 Å². The zero-order valence-corrected chi connectivity index (χ0v) is 36.8. The van der Waals surface area contributed by atoms with Crippen LogP contribution in [0.15, 0.2) is 60.8 Å². The minimum absolute atomic E-state index is 0.0290. The van der Waals surface area contributed by atoms with Crippen LogP contribution in [-0.2, 0) is 14.3 Å². The fourth-order valence-corrected chi connectivity index (χ4v) is 6.93. The Morgan fingerprint density at radius 3 is 1.43 bits per heavy atom. The number of carbonyl (C=O) groups is 2. The van der Waals surface area contributed by atoms with Crippen LogP contribution in [0, 0.1) is 0 Å². The van der Waals surface area contributed by atoms with Gasteiger partial charge in [0.2, 0.25) is 5.91 Å². The smallest absolute Gasteiger partial charge is 0.306 e. The number of unbranched alkanes of at least 4 members (excludes halogenated alkanes) is 23. The fraction of sp³-hybridized carbons (Fsp3) is 0.760. The van der Waals surface area contributed by atoms with E-state index in [-0.39, 0.29) is 24.9 Å². The van der Waals surface area contributed by atoms with Gasteiger partial charge >= 0.3 is 5.97 Å². The molecule has 0 heterocycles. The minimum Gasteiger partial charge on any atom is -0.462 e. The van der Waals surface area contributed by atoms with Crippen molar-refractivity contribution in [3.63, 3.8) is 0 Å². The Kier molecular flexibility index (Phi) is 41.8. The van der Waals surface area contributed by atoms with Crippen molar-refractivity contribution in [3.05, 3.63) is 60.8 Å². The predicted octanol–water partition coefficient (Wildman–Crippen LogP) is 13.7. The van der Waals surface area contributed by atoms with Gasteiger partial charge in [0.05, 0.1) is 25.2 Å². The van der Waals surface area contributed by atoms with E-state index in [9.17, 15) is 19.8 Å². The average Bonchev–Trinajstić information content (AvgIpc) is 3.19. The van der Waals surface area contributed by atoms with Crippen LogP contribution in [0.3, 0.4) is 0 Å². The molecule has 3 unspecified atom stereocenters. The molecule has 0 saturated carbocycles. The van der Waals surface area contributed by atoms with E-state index in [4.69, 9.17) is 4.74 Å². The zero-order valence-electron chi connectivity index (χ0n) is 36.8. The first-order valence-corrected chi connectivity index (χ1v) is 23.6. The van der Waals surface area contributed by atoms with Gasteiger partial charge in [-0.3, -0.25) is 9.59 Å². The first kappa shape index (κ1) is 53.6. The number of hydrogen-bond acceptors (Lipinski definition) is 5. The maximum absolute atomic E-state index is 13.1. The Morgan fingerprint density at radius 2 is 0.964 bits per heavy atom. The van der Waals surface area contributed by atoms with Crippen molar-refractivity contribution in [2.45, 2.75) is 238 Å². The number of aliphatic hydroxyl groups is 2. The number of nitrogens with one attached hydrogen (secondary N) is 1. The Bertz CT molecular complexity index is 1010. The van der Waals surface area contributed by atoms with Crippen LogP contribution in [0.25, 0.3) is 0 Å². The molecule has 0 aromatic rings. The van der Waals surface area contributed by atoms with E-state index in [0.29, 0.717) is 19.3 Å². The molecule has 0 aliphatic rings. The molecule has 0 aliphatic carbocycles. The summed E-state index contributed by atoms with van der Waals surface area (Å²) < 4.78 is 5.87. The van der Waals surface area contributed by atoms with Crippen molar-refractivity contribution in [2.24, 2.45) is 0 Å². The van der Waals surface area contributed by atoms with Crippen molar-refractivity contribution in [3.8, 4) is 0 Å². The first-order valence-electron chi connectivity index (χ1n) is 23.6. The Morgan fingerprint density at radius 1 is 0.536 bits per heavy atom. The minimum atomic E-state index is -0.804. The van der Waals surface area contributed by atoms with Crippen LogP contribution < -0.4 is 5.32 Å². The number of amides is 1. The summed E-state index contributed by atoms with van der Waals surface area (Å²) in [7, 11) is 0. The maximum Gasteiger partial charge on any atom is 0.306 e. The van der Waals surface area contributed by atoms with Gasteiger partial charge in [0.25, 0.3) is 0 Å². The van der Waals surface area contributed by atoms with Crippen molar-refractivity contribution >= 4 is 11.9 Å². The first-order chi connectivity index (χ1) is 27.5. The molecule has 0 aromatic heterocycles. The monoisotopic (exact) mass is 784 g/mol. The van der Waals surface area contributed by atoms with E-state index < -0.39 is 18.2 Å². The van der Waals surface area contributed by atoms with Crippen LogP contribution >= 0.6 is 0 Å². The number of allylic oxidation sites excluding steroid dienone is 10. The molecular formula is C50H89NO5. The third-order valence-electron chi connectivity index (χ3n) is 10.5. The topological polar surface area (TPSA) is 95.9 Å². The van der Waals surface area contributed by atoms with Gasteiger partial charge in [-0.25, -0.2) is 0 Å². The van der Waals surface area contributed by atoms with Gasteiger partial charge in [0.15, 0.2) is 0 Å². The Balaban J connectivity index is 4.68. The molecule has 56 heavy (non-hydrogen) atoms. The van der Waals surface area contributed by atoms with Gasteiger partial charge < -0.3 is 20.3 Å². The second-order valence-corrected chi connectivity index (χ2v) is 15.9. The van der Waals surface area contributed by atoms with Crippen LogP contribution in [-0.4, -0.2) is 46.9 Å². The average molecular weight is 784 g/mol. The van der Waals surface area contributed by atoms with Gasteiger partial charge in [-0.15, -0.1) is 0 Å². The SMILES string of the molecule is CC/C=C/C=C/C=C\C=C/C=C/CCCC(CC(=O)NC(CO)C(O)CCCCCCCCCCC)OC(=O)CCCCCCCCCCCCCCCCC. The lowest BCUT2D eigenvalue weighted by molar-refractivity contribution is -0.151. The lowest BCUT2D eigenvalue weighted by Crippen LogP contribution is -2.46. The largest absolute Gasteiger partial charge is 0.462 e. The van der Waals surface area contributed by atoms with Crippen LogP contribution in [0.4, 0.5) is 0 Å². The fourth-order valence-electron chi connectivity index (χ4n) is 6.93. The summed E-state index contributed by atoms with van der Waals surface area (Å²) in [6.45, 7) is 6.29. The van der Waals surface area contributed by atoms with Crippen LogP contribution in [0.1, 0.15) is 220 Å². The molecule has 1 amide bonds. The van der Waals surface area contributed by atoms with Crippen LogP contribution in [0.5, 0.6) is 0 Å². The quantitative estimate of drug-likeness (QED) is 0.0326. The summed E-state index contributed by atoms with van der Waals surface area (Å²) in [5.74, 6) is -0.546. The van der Waals surface area contributed by atoms with E-state index in [2.05, 4.69) is 38.2 Å². The van der Waals surface area contributed by atoms with Gasteiger partial charge in [-0.05, 0) is 38.5 Å². The molecular weight excluding hydrogens is 695 g/mol. The van der Waals surface area contributed by atoms with Gasteiger partial charge in [0, 0.05) is 6.42 Å². The summed E-state index contributed by atoms with van der Waals surface area (Å²) in [5, 5.41) is 23.6. The molecule has 0 fully saturated rings.